The first-order valence-corrected chi connectivity index (χ1v) is 7.03. The van der Waals surface area contributed by atoms with Gasteiger partial charge in [0, 0.05) is 25.0 Å². The van der Waals surface area contributed by atoms with Crippen LogP contribution in [0.4, 0.5) is 5.69 Å². The van der Waals surface area contributed by atoms with Crippen LogP contribution in [0.3, 0.4) is 0 Å². The Morgan fingerprint density at radius 3 is 2.80 bits per heavy atom. The maximum absolute atomic E-state index is 4.39. The molecule has 5 nitrogen and oxygen atoms in total. The van der Waals surface area contributed by atoms with Crippen molar-refractivity contribution in [2.24, 2.45) is 0 Å². The van der Waals surface area contributed by atoms with Crippen LogP contribution in [0.5, 0.6) is 0 Å². The minimum Gasteiger partial charge on any atom is -0.377 e. The van der Waals surface area contributed by atoms with Gasteiger partial charge in [0.2, 0.25) is 0 Å². The van der Waals surface area contributed by atoms with Crippen molar-refractivity contribution in [1.82, 2.24) is 19.6 Å². The zero-order valence-electron chi connectivity index (χ0n) is 12.4. The van der Waals surface area contributed by atoms with Crippen LogP contribution >= 0.6 is 12.4 Å². The molecule has 0 amide bonds. The average Bonchev–Trinajstić information content (AvgIpc) is 3.04. The van der Waals surface area contributed by atoms with Gasteiger partial charge in [-0.2, -0.15) is 10.2 Å². The van der Waals surface area contributed by atoms with Gasteiger partial charge >= 0.3 is 0 Å². The van der Waals surface area contributed by atoms with Crippen LogP contribution in [-0.4, -0.2) is 19.6 Å². The fraction of sp³-hybridized carbons (Fsp3) is 0.571. The molecule has 0 radical (unpaired) electrons. The quantitative estimate of drug-likeness (QED) is 0.851. The summed E-state index contributed by atoms with van der Waals surface area (Å²) in [7, 11) is 0. The molecule has 0 saturated heterocycles. The van der Waals surface area contributed by atoms with Gasteiger partial charge in [0.15, 0.2) is 0 Å². The monoisotopic (exact) mass is 297 g/mol. The molecule has 0 aromatic carbocycles. The number of nitrogens with zero attached hydrogens (tertiary/aromatic N) is 4. The topological polar surface area (TPSA) is 47.7 Å². The smallest absolute Gasteiger partial charge is 0.0729 e. The summed E-state index contributed by atoms with van der Waals surface area (Å²) < 4.78 is 4.05. The Kier molecular flexibility index (Phi) is 6.58. The number of hydrogen-bond acceptors (Lipinski definition) is 3. The number of rotatable bonds is 7. The molecule has 0 saturated carbocycles. The lowest BCUT2D eigenvalue weighted by atomic mass is 10.2. The van der Waals surface area contributed by atoms with Crippen LogP contribution < -0.4 is 5.32 Å². The van der Waals surface area contributed by atoms with Gasteiger partial charge in [0.05, 0.1) is 24.1 Å². The first kappa shape index (κ1) is 16.6. The molecule has 0 aliphatic heterocycles. The molecule has 2 aromatic heterocycles. The summed E-state index contributed by atoms with van der Waals surface area (Å²) in [5.74, 6) is 0. The summed E-state index contributed by atoms with van der Waals surface area (Å²) >= 11 is 0. The molecule has 1 unspecified atom stereocenters. The van der Waals surface area contributed by atoms with Crippen molar-refractivity contribution >= 4 is 18.1 Å². The fourth-order valence-electron chi connectivity index (χ4n) is 2.05. The Morgan fingerprint density at radius 1 is 1.30 bits per heavy atom. The molecule has 2 rings (SSSR count). The molecule has 0 bridgehead atoms. The molecule has 0 fully saturated rings. The Bertz CT molecular complexity index is 505. The zero-order valence-corrected chi connectivity index (χ0v) is 13.2. The average molecular weight is 298 g/mol. The van der Waals surface area contributed by atoms with Gasteiger partial charge in [-0.15, -0.1) is 12.4 Å². The van der Waals surface area contributed by atoms with E-state index in [1.807, 2.05) is 23.3 Å². The first-order valence-electron chi connectivity index (χ1n) is 7.03. The third-order valence-corrected chi connectivity index (χ3v) is 3.32. The van der Waals surface area contributed by atoms with E-state index in [0.29, 0.717) is 6.04 Å². The number of nitrogens with one attached hydrogen (secondary N) is 1. The van der Waals surface area contributed by atoms with Gasteiger partial charge < -0.3 is 5.32 Å². The third kappa shape index (κ3) is 4.00. The highest BCUT2D eigenvalue weighted by molar-refractivity contribution is 5.85. The van der Waals surface area contributed by atoms with Gasteiger partial charge in [-0.05, 0) is 25.8 Å². The number of aryl methyl sites for hydroxylation is 1. The summed E-state index contributed by atoms with van der Waals surface area (Å²) in [6, 6.07) is 2.50. The van der Waals surface area contributed by atoms with Crippen molar-refractivity contribution in [2.45, 2.75) is 52.7 Å². The van der Waals surface area contributed by atoms with E-state index >= 15 is 0 Å². The summed E-state index contributed by atoms with van der Waals surface area (Å²) in [5.41, 5.74) is 2.27. The lowest BCUT2D eigenvalue weighted by Gasteiger charge is -2.14. The van der Waals surface area contributed by atoms with Crippen molar-refractivity contribution < 1.29 is 0 Å². The highest BCUT2D eigenvalue weighted by Gasteiger charge is 2.08. The lowest BCUT2D eigenvalue weighted by molar-refractivity contribution is 0.462. The van der Waals surface area contributed by atoms with Gasteiger partial charge in [0.25, 0.3) is 0 Å². The molecular formula is C14H24ClN5. The van der Waals surface area contributed by atoms with Crippen LogP contribution in [-0.2, 0) is 13.1 Å². The van der Waals surface area contributed by atoms with Crippen molar-refractivity contribution in [3.05, 3.63) is 30.4 Å². The lowest BCUT2D eigenvalue weighted by Crippen LogP contribution is -2.12. The van der Waals surface area contributed by atoms with Crippen LogP contribution in [0.15, 0.2) is 24.7 Å². The SMILES string of the molecule is CCCn1cc(NCc2ccnn2C(C)CC)cn1.Cl. The summed E-state index contributed by atoms with van der Waals surface area (Å²) in [6.45, 7) is 8.27. The normalized spacial score (nSPS) is 11.9. The van der Waals surface area contributed by atoms with Crippen LogP contribution in [0.2, 0.25) is 0 Å². The highest BCUT2D eigenvalue weighted by atomic mass is 35.5. The van der Waals surface area contributed by atoms with Crippen LogP contribution in [0.1, 0.15) is 45.3 Å². The minimum atomic E-state index is 0. The second-order valence-corrected chi connectivity index (χ2v) is 4.87. The second-order valence-electron chi connectivity index (χ2n) is 4.87. The molecule has 1 atom stereocenters. The molecule has 0 aliphatic carbocycles. The van der Waals surface area contributed by atoms with E-state index in [1.165, 1.54) is 5.69 Å². The number of anilines is 1. The Balaban J connectivity index is 0.00000200. The second kappa shape index (κ2) is 7.94. The third-order valence-electron chi connectivity index (χ3n) is 3.32. The van der Waals surface area contributed by atoms with Gasteiger partial charge in [-0.25, -0.2) is 0 Å². The number of aromatic nitrogens is 4. The van der Waals surface area contributed by atoms with Crippen molar-refractivity contribution in [2.75, 3.05) is 5.32 Å². The Morgan fingerprint density at radius 2 is 2.10 bits per heavy atom. The van der Waals surface area contributed by atoms with Crippen LogP contribution in [0.25, 0.3) is 0 Å². The molecule has 1 N–H and O–H groups in total. The Hall–Kier alpha value is -1.49. The Labute approximate surface area is 126 Å². The minimum absolute atomic E-state index is 0. The predicted molar refractivity (Wildman–Crippen MR) is 84.3 cm³/mol. The molecular weight excluding hydrogens is 274 g/mol. The summed E-state index contributed by atoms with van der Waals surface area (Å²) in [5, 5.41) is 12.1. The first-order chi connectivity index (χ1) is 9.24. The number of halogens is 1. The van der Waals surface area contributed by atoms with E-state index < -0.39 is 0 Å². The predicted octanol–water partition coefficient (Wildman–Crippen LogP) is 3.49. The highest BCUT2D eigenvalue weighted by Crippen LogP contribution is 2.14. The summed E-state index contributed by atoms with van der Waals surface area (Å²) in [4.78, 5) is 0. The van der Waals surface area contributed by atoms with Crippen molar-refractivity contribution in [3.63, 3.8) is 0 Å². The van der Waals surface area contributed by atoms with Crippen LogP contribution in [0, 0.1) is 0 Å². The maximum Gasteiger partial charge on any atom is 0.0729 e. The number of hydrogen-bond donors (Lipinski definition) is 1. The molecule has 20 heavy (non-hydrogen) atoms. The summed E-state index contributed by atoms with van der Waals surface area (Å²) in [6.07, 6.45) is 7.97. The fourth-order valence-corrected chi connectivity index (χ4v) is 2.05. The van der Waals surface area contributed by atoms with E-state index in [0.717, 1.165) is 31.6 Å². The standard InChI is InChI=1S/C14H23N5.ClH/c1-4-8-18-11-13(9-17-18)15-10-14-6-7-16-19(14)12(3)5-2;/h6-7,9,11-12,15H,4-5,8,10H2,1-3H3;1H. The van der Waals surface area contributed by atoms with Gasteiger partial charge in [0.1, 0.15) is 0 Å². The molecule has 112 valence electrons. The van der Waals surface area contributed by atoms with E-state index in [4.69, 9.17) is 0 Å². The van der Waals surface area contributed by atoms with Crippen molar-refractivity contribution in [1.29, 1.82) is 0 Å². The molecule has 0 aliphatic rings. The van der Waals surface area contributed by atoms with Gasteiger partial charge in [-0.1, -0.05) is 13.8 Å². The molecule has 6 heteroatoms. The largest absolute Gasteiger partial charge is 0.377 e. The molecule has 0 spiro atoms. The van der Waals surface area contributed by atoms with Gasteiger partial charge in [-0.3, -0.25) is 9.36 Å². The van der Waals surface area contributed by atoms with E-state index in [1.54, 1.807) is 0 Å². The molecule has 2 heterocycles. The van der Waals surface area contributed by atoms with E-state index in [2.05, 4.69) is 47.0 Å². The zero-order chi connectivity index (χ0) is 13.7. The maximum atomic E-state index is 4.39. The van der Waals surface area contributed by atoms with E-state index in [9.17, 15) is 0 Å². The molecule has 2 aromatic rings. The van der Waals surface area contributed by atoms with Crippen molar-refractivity contribution in [3.8, 4) is 0 Å². The van der Waals surface area contributed by atoms with E-state index in [-0.39, 0.29) is 12.4 Å².